The third-order valence-corrected chi connectivity index (χ3v) is 0. The van der Waals surface area contributed by atoms with Crippen molar-refractivity contribution in [2.75, 3.05) is 0 Å². The molecule has 0 aliphatic heterocycles. The van der Waals surface area contributed by atoms with Crippen molar-refractivity contribution in [3.63, 3.8) is 0 Å². The summed E-state index contributed by atoms with van der Waals surface area (Å²) in [4.78, 5) is 14.3. The summed E-state index contributed by atoms with van der Waals surface area (Å²) < 4.78 is 34.2. The van der Waals surface area contributed by atoms with E-state index in [2.05, 4.69) is 11.7 Å². The molecule has 0 aromatic carbocycles. The Labute approximate surface area is 57.0 Å². The van der Waals surface area contributed by atoms with E-state index in [0.29, 0.717) is 0 Å². The van der Waals surface area contributed by atoms with Crippen molar-refractivity contribution in [2.24, 2.45) is 0 Å². The smallest absolute Gasteiger partial charge is 0.316 e. The molecule has 0 heterocycles. The molecule has 9 heteroatoms. The van der Waals surface area contributed by atoms with Gasteiger partial charge in [-0.1, -0.05) is 0 Å². The molecule has 6 nitrogen and oxygen atoms in total. The van der Waals surface area contributed by atoms with Crippen LogP contribution in [-0.4, -0.2) is 22.8 Å². The molecular formula is H5O6PS2. The molecule has 0 aliphatic rings. The van der Waals surface area contributed by atoms with E-state index in [1.807, 2.05) is 0 Å². The maximum Gasteiger partial charge on any atom is 0.316 e. The molecule has 0 rings (SSSR count). The molecule has 0 radical (unpaired) electrons. The summed E-state index contributed by atoms with van der Waals surface area (Å²) in [6, 6.07) is 0. The number of thiol groups is 1. The van der Waals surface area contributed by atoms with Gasteiger partial charge in [0, 0.05) is 0 Å². The maximum atomic E-state index is 9.05. The van der Waals surface area contributed by atoms with Crippen molar-refractivity contribution in [1.82, 2.24) is 0 Å². The Balaban J connectivity index is 0. The highest BCUT2D eigenvalue weighted by molar-refractivity contribution is 8.61. The van der Waals surface area contributed by atoms with Gasteiger partial charge in [0.25, 0.3) is 0 Å². The quantitative estimate of drug-likeness (QED) is 0.172. The van der Waals surface area contributed by atoms with Crippen molar-refractivity contribution >= 4 is 29.1 Å². The van der Waals surface area contributed by atoms with Gasteiger partial charge in [-0.2, -0.15) is 8.42 Å². The molecule has 3 N–H and O–H groups in total. The van der Waals surface area contributed by atoms with Gasteiger partial charge in [0.2, 0.25) is 0 Å². The Morgan fingerprint density at radius 3 is 1.33 bits per heavy atom. The van der Waals surface area contributed by atoms with Crippen LogP contribution < -0.4 is 0 Å². The molecule has 9 heavy (non-hydrogen) atoms. The SMILES string of the molecule is O=S(=O)(O)S.O=[PH](O)O. The first kappa shape index (κ1) is 12.1. The van der Waals surface area contributed by atoms with Crippen molar-refractivity contribution in [3.8, 4) is 0 Å². The van der Waals surface area contributed by atoms with Crippen LogP contribution in [0.1, 0.15) is 0 Å². The molecule has 0 aromatic heterocycles. The predicted molar refractivity (Wildman–Crippen MR) is 34.0 cm³/mol. The first-order chi connectivity index (χ1) is 3.73. The summed E-state index contributed by atoms with van der Waals surface area (Å²) in [5.74, 6) is 0. The molecule has 0 atom stereocenters. The van der Waals surface area contributed by atoms with Crippen LogP contribution in [0, 0.1) is 0 Å². The van der Waals surface area contributed by atoms with Crippen LogP contribution in [0.3, 0.4) is 0 Å². The average molecular weight is 196 g/mol. The van der Waals surface area contributed by atoms with Gasteiger partial charge in [0.15, 0.2) is 0 Å². The lowest BCUT2D eigenvalue weighted by molar-refractivity contribution is 0.405. The largest absolute Gasteiger partial charge is 0.326 e. The first-order valence-electron chi connectivity index (χ1n) is 1.35. The summed E-state index contributed by atoms with van der Waals surface area (Å²) in [5, 5.41) is 0. The Bertz CT molecular complexity index is 153. The predicted octanol–water partition coefficient (Wildman–Crippen LogP) is -0.920. The van der Waals surface area contributed by atoms with E-state index in [0.717, 1.165) is 0 Å². The number of hydrogen-bond acceptors (Lipinski definition) is 3. The van der Waals surface area contributed by atoms with E-state index in [9.17, 15) is 0 Å². The molecule has 0 saturated carbocycles. The van der Waals surface area contributed by atoms with Crippen LogP contribution in [0.4, 0.5) is 0 Å². The van der Waals surface area contributed by atoms with Gasteiger partial charge in [0.1, 0.15) is 0 Å². The molecule has 58 valence electrons. The van der Waals surface area contributed by atoms with Crippen LogP contribution in [0.5, 0.6) is 0 Å². The highest BCUT2D eigenvalue weighted by Gasteiger charge is 1.83. The second-order valence-electron chi connectivity index (χ2n) is 0.730. The van der Waals surface area contributed by atoms with Gasteiger partial charge in [-0.25, -0.2) is 0 Å². The minimum Gasteiger partial charge on any atom is -0.326 e. The average Bonchev–Trinajstić information content (AvgIpc) is 1.19. The van der Waals surface area contributed by atoms with Gasteiger partial charge >= 0.3 is 17.4 Å². The fraction of sp³-hybridized carbons (Fsp3) is 0. The van der Waals surface area contributed by atoms with E-state index < -0.39 is 17.4 Å². The van der Waals surface area contributed by atoms with Crippen LogP contribution in [0.15, 0.2) is 0 Å². The minimum absolute atomic E-state index is 2.65. The summed E-state index contributed by atoms with van der Waals surface area (Å²) in [7, 11) is -7.10. The monoisotopic (exact) mass is 196 g/mol. The lowest BCUT2D eigenvalue weighted by atomic mass is 15.8. The highest BCUT2D eigenvalue weighted by atomic mass is 33.1. The normalized spacial score (nSPS) is 10.3. The van der Waals surface area contributed by atoms with E-state index >= 15 is 0 Å². The molecule has 0 bridgehead atoms. The molecule has 0 amide bonds. The molecule has 0 spiro atoms. The van der Waals surface area contributed by atoms with Crippen LogP contribution >= 0.6 is 19.9 Å². The molecule has 0 aliphatic carbocycles. The van der Waals surface area contributed by atoms with Crippen LogP contribution in [0.2, 0.25) is 0 Å². The third-order valence-electron chi connectivity index (χ3n) is 0. The second kappa shape index (κ2) is 5.21. The molecular weight excluding hydrogens is 191 g/mol. The zero-order chi connectivity index (χ0) is 8.08. The Kier molecular flexibility index (Phi) is 7.02. The Hall–Kier alpha value is 0.410. The van der Waals surface area contributed by atoms with Gasteiger partial charge in [-0.3, -0.25) is 9.12 Å². The Morgan fingerprint density at radius 2 is 1.33 bits per heavy atom. The van der Waals surface area contributed by atoms with Crippen molar-refractivity contribution in [3.05, 3.63) is 0 Å². The summed E-state index contributed by atoms with van der Waals surface area (Å²) in [6.07, 6.45) is 0. The highest BCUT2D eigenvalue weighted by Crippen LogP contribution is 1.98. The molecule has 0 aromatic rings. The van der Waals surface area contributed by atoms with Crippen molar-refractivity contribution in [2.45, 2.75) is 0 Å². The van der Waals surface area contributed by atoms with E-state index in [-0.39, 0.29) is 0 Å². The first-order valence-corrected chi connectivity index (χ1v) is 5.14. The summed E-state index contributed by atoms with van der Waals surface area (Å²) >= 11 is 2.65. The van der Waals surface area contributed by atoms with E-state index in [1.165, 1.54) is 0 Å². The second-order valence-corrected chi connectivity index (χ2v) is 3.58. The maximum absolute atomic E-state index is 9.05. The fourth-order valence-electron chi connectivity index (χ4n) is 0. The molecule has 0 fully saturated rings. The van der Waals surface area contributed by atoms with Gasteiger partial charge in [-0.05, 0) is 11.7 Å². The number of hydrogen-bond donors (Lipinski definition) is 4. The zero-order valence-electron chi connectivity index (χ0n) is 3.92. The van der Waals surface area contributed by atoms with Gasteiger partial charge in [-0.15, -0.1) is 0 Å². The molecule has 0 unspecified atom stereocenters. The molecule has 0 saturated heterocycles. The fourth-order valence-corrected chi connectivity index (χ4v) is 0. The topological polar surface area (TPSA) is 112 Å². The van der Waals surface area contributed by atoms with Gasteiger partial charge in [0.05, 0.1) is 0 Å². The van der Waals surface area contributed by atoms with Crippen LogP contribution in [-0.2, 0) is 13.7 Å². The van der Waals surface area contributed by atoms with Gasteiger partial charge < -0.3 is 9.79 Å². The summed E-state index contributed by atoms with van der Waals surface area (Å²) in [5.41, 5.74) is 0. The standard InChI is InChI=1S/H3O3P.H2O3S2/c1-4(2)3;1-5(2,3)4/h4H,(H2,1,2,3);(H2,1,2,3,4). The minimum atomic E-state index is -3.97. The van der Waals surface area contributed by atoms with Crippen molar-refractivity contribution in [1.29, 1.82) is 0 Å². The van der Waals surface area contributed by atoms with E-state index in [4.69, 9.17) is 27.3 Å². The lowest BCUT2D eigenvalue weighted by Gasteiger charge is -1.67. The zero-order valence-corrected chi connectivity index (χ0v) is 6.63. The van der Waals surface area contributed by atoms with E-state index in [1.54, 1.807) is 0 Å². The number of rotatable bonds is 0. The summed E-state index contributed by atoms with van der Waals surface area (Å²) in [6.45, 7) is 0. The van der Waals surface area contributed by atoms with Crippen molar-refractivity contribution < 1.29 is 27.3 Å². The lowest BCUT2D eigenvalue weighted by Crippen LogP contribution is -1.78. The Morgan fingerprint density at radius 1 is 1.33 bits per heavy atom. The third kappa shape index (κ3) is 2060. The van der Waals surface area contributed by atoms with Crippen LogP contribution in [0.25, 0.3) is 0 Å².